The molecule has 0 radical (unpaired) electrons. The number of nitrogens with one attached hydrogen (secondary N) is 1. The first kappa shape index (κ1) is 22.0. The summed E-state index contributed by atoms with van der Waals surface area (Å²) in [5, 5.41) is 11.8. The van der Waals surface area contributed by atoms with Crippen LogP contribution in [0.2, 0.25) is 0 Å². The molecule has 0 aliphatic heterocycles. The summed E-state index contributed by atoms with van der Waals surface area (Å²) in [7, 11) is 1.50. The van der Waals surface area contributed by atoms with Gasteiger partial charge in [-0.2, -0.15) is 0 Å². The van der Waals surface area contributed by atoms with Crippen LogP contribution in [0.1, 0.15) is 26.3 Å². The van der Waals surface area contributed by atoms with Gasteiger partial charge in [0, 0.05) is 20.0 Å². The maximum Gasteiger partial charge on any atom is 0.326 e. The zero-order valence-electron chi connectivity index (χ0n) is 16.0. The fraction of sp³-hybridized carbons (Fsp3) is 0.421. The first-order valence-corrected chi connectivity index (χ1v) is 8.50. The molecule has 148 valence electrons. The third-order valence-electron chi connectivity index (χ3n) is 3.77. The molecule has 0 fully saturated rings. The number of carboxylic acids is 1. The highest BCUT2D eigenvalue weighted by molar-refractivity contribution is 5.84. The number of aliphatic carboxylic acids is 1. The van der Waals surface area contributed by atoms with Crippen molar-refractivity contribution in [1.29, 1.82) is 0 Å². The zero-order valence-corrected chi connectivity index (χ0v) is 16.0. The molecule has 1 rings (SSSR count). The third kappa shape index (κ3) is 7.01. The summed E-state index contributed by atoms with van der Waals surface area (Å²) in [6.45, 7) is 4.51. The van der Waals surface area contributed by atoms with E-state index in [0.717, 1.165) is 10.5 Å². The Bertz CT molecular complexity index is 701. The second kappa shape index (κ2) is 10.8. The zero-order chi connectivity index (χ0) is 20.4. The minimum Gasteiger partial charge on any atom is -0.493 e. The highest BCUT2D eigenvalue weighted by Crippen LogP contribution is 2.28. The lowest BCUT2D eigenvalue weighted by molar-refractivity contribution is -0.150. The molecule has 0 spiro atoms. The van der Waals surface area contributed by atoms with Crippen molar-refractivity contribution in [2.45, 2.75) is 26.8 Å². The van der Waals surface area contributed by atoms with Crippen LogP contribution in [0, 0.1) is 0 Å². The molecule has 0 bridgehead atoms. The number of rotatable bonds is 10. The number of hydrogen-bond donors (Lipinski definition) is 2. The Labute approximate surface area is 158 Å². The molecular weight excluding hydrogens is 352 g/mol. The summed E-state index contributed by atoms with van der Waals surface area (Å²) in [5.74, 6) is -1.06. The number of hydrogen-bond acceptors (Lipinski definition) is 5. The lowest BCUT2D eigenvalue weighted by Gasteiger charge is -2.26. The second-order valence-electron chi connectivity index (χ2n) is 5.78. The molecule has 2 N–H and O–H groups in total. The van der Waals surface area contributed by atoms with E-state index in [0.29, 0.717) is 11.5 Å². The van der Waals surface area contributed by atoms with Crippen molar-refractivity contribution in [3.63, 3.8) is 0 Å². The maximum atomic E-state index is 12.5. The van der Waals surface area contributed by atoms with Crippen LogP contribution in [0.3, 0.4) is 0 Å². The van der Waals surface area contributed by atoms with E-state index in [-0.39, 0.29) is 25.6 Å². The van der Waals surface area contributed by atoms with E-state index in [1.807, 2.05) is 25.1 Å². The van der Waals surface area contributed by atoms with E-state index in [1.54, 1.807) is 12.1 Å². The lowest BCUT2D eigenvalue weighted by Crippen LogP contribution is -2.48. The number of carbonyl (C=O) groups excluding carboxylic acids is 2. The Morgan fingerprint density at radius 1 is 1.30 bits per heavy atom. The van der Waals surface area contributed by atoms with Crippen LogP contribution in [0.4, 0.5) is 0 Å². The molecule has 0 heterocycles. The molecule has 1 unspecified atom stereocenters. The van der Waals surface area contributed by atoms with Crippen LogP contribution in [-0.4, -0.2) is 60.6 Å². The molecule has 1 aromatic rings. The minimum absolute atomic E-state index is 0.0621. The van der Waals surface area contributed by atoms with E-state index in [4.69, 9.17) is 9.47 Å². The summed E-state index contributed by atoms with van der Waals surface area (Å²) < 4.78 is 10.8. The first-order valence-electron chi connectivity index (χ1n) is 8.50. The number of carbonyl (C=O) groups is 3. The van der Waals surface area contributed by atoms with Crippen LogP contribution in [0.25, 0.3) is 6.08 Å². The van der Waals surface area contributed by atoms with Crippen LogP contribution in [0.15, 0.2) is 24.3 Å². The number of allylic oxidation sites excluding steroid dienone is 1. The van der Waals surface area contributed by atoms with Gasteiger partial charge in [-0.1, -0.05) is 18.2 Å². The average molecular weight is 378 g/mol. The van der Waals surface area contributed by atoms with Crippen molar-refractivity contribution in [3.8, 4) is 11.5 Å². The average Bonchev–Trinajstić information content (AvgIpc) is 2.63. The Hall–Kier alpha value is -3.03. The van der Waals surface area contributed by atoms with Gasteiger partial charge in [0.15, 0.2) is 18.1 Å². The SMILES string of the molecule is C/C=C/c1ccc(OCC(=O)N(CCNC(C)=O)C(C)C(=O)O)c(OC)c1. The number of ether oxygens (including phenoxy) is 2. The molecule has 1 aromatic carbocycles. The topological polar surface area (TPSA) is 105 Å². The molecule has 0 aromatic heterocycles. The molecule has 0 aliphatic carbocycles. The van der Waals surface area contributed by atoms with Gasteiger partial charge in [-0.05, 0) is 31.5 Å². The summed E-state index contributed by atoms with van der Waals surface area (Å²) in [5.41, 5.74) is 0.921. The van der Waals surface area contributed by atoms with Gasteiger partial charge in [-0.3, -0.25) is 9.59 Å². The Balaban J connectivity index is 2.82. The molecule has 0 aliphatic rings. The van der Waals surface area contributed by atoms with Gasteiger partial charge < -0.3 is 24.8 Å². The van der Waals surface area contributed by atoms with Gasteiger partial charge >= 0.3 is 5.97 Å². The van der Waals surface area contributed by atoms with E-state index < -0.39 is 17.9 Å². The molecular formula is C19H26N2O6. The van der Waals surface area contributed by atoms with Crippen LogP contribution >= 0.6 is 0 Å². The van der Waals surface area contributed by atoms with Gasteiger partial charge in [-0.25, -0.2) is 4.79 Å². The van der Waals surface area contributed by atoms with Crippen LogP contribution < -0.4 is 14.8 Å². The summed E-state index contributed by atoms with van der Waals surface area (Å²) in [4.78, 5) is 35.9. The van der Waals surface area contributed by atoms with Crippen molar-refractivity contribution >= 4 is 23.9 Å². The Kier molecular flexibility index (Phi) is 8.84. The largest absolute Gasteiger partial charge is 0.493 e. The fourth-order valence-electron chi connectivity index (χ4n) is 2.34. The predicted octanol–water partition coefficient (Wildman–Crippen LogP) is 1.54. The highest BCUT2D eigenvalue weighted by Gasteiger charge is 2.25. The van der Waals surface area contributed by atoms with Gasteiger partial charge in [0.1, 0.15) is 6.04 Å². The van der Waals surface area contributed by atoms with Gasteiger partial charge in [0.2, 0.25) is 5.91 Å². The van der Waals surface area contributed by atoms with Crippen molar-refractivity contribution in [3.05, 3.63) is 29.8 Å². The molecule has 0 saturated carbocycles. The van der Waals surface area contributed by atoms with Crippen molar-refractivity contribution in [1.82, 2.24) is 10.2 Å². The predicted molar refractivity (Wildman–Crippen MR) is 101 cm³/mol. The van der Waals surface area contributed by atoms with Crippen molar-refractivity contribution in [2.24, 2.45) is 0 Å². The Morgan fingerprint density at radius 3 is 2.56 bits per heavy atom. The highest BCUT2D eigenvalue weighted by atomic mass is 16.5. The quantitative estimate of drug-likeness (QED) is 0.640. The number of benzene rings is 1. The van der Waals surface area contributed by atoms with Crippen LogP contribution in [-0.2, 0) is 14.4 Å². The fourth-order valence-corrected chi connectivity index (χ4v) is 2.34. The molecule has 1 atom stereocenters. The normalized spacial score (nSPS) is 11.7. The standard InChI is InChI=1S/C19H26N2O6/c1-5-6-15-7-8-16(17(11-15)26-4)27-12-18(23)21(13(2)19(24)25)10-9-20-14(3)22/h5-8,11,13H,9-10,12H2,1-4H3,(H,20,22)(H,24,25)/b6-5+. The van der Waals surface area contributed by atoms with Crippen molar-refractivity contribution < 1.29 is 29.0 Å². The first-order chi connectivity index (χ1) is 12.8. The van der Waals surface area contributed by atoms with Crippen molar-refractivity contribution in [2.75, 3.05) is 26.8 Å². The van der Waals surface area contributed by atoms with Gasteiger partial charge in [-0.15, -0.1) is 0 Å². The number of nitrogens with zero attached hydrogens (tertiary/aromatic N) is 1. The van der Waals surface area contributed by atoms with Gasteiger partial charge in [0.05, 0.1) is 7.11 Å². The Morgan fingerprint density at radius 2 is 2.00 bits per heavy atom. The molecule has 0 saturated heterocycles. The number of methoxy groups -OCH3 is 1. The summed E-state index contributed by atoms with van der Waals surface area (Å²) >= 11 is 0. The number of amides is 2. The smallest absolute Gasteiger partial charge is 0.326 e. The second-order valence-corrected chi connectivity index (χ2v) is 5.78. The molecule has 8 nitrogen and oxygen atoms in total. The monoisotopic (exact) mass is 378 g/mol. The lowest BCUT2D eigenvalue weighted by atomic mass is 10.2. The number of carboxylic acid groups (broad SMARTS) is 1. The van der Waals surface area contributed by atoms with Gasteiger partial charge in [0.25, 0.3) is 5.91 Å². The summed E-state index contributed by atoms with van der Waals surface area (Å²) in [6, 6.07) is 4.23. The molecule has 8 heteroatoms. The van der Waals surface area contributed by atoms with E-state index in [2.05, 4.69) is 5.32 Å². The van der Waals surface area contributed by atoms with Crippen LogP contribution in [0.5, 0.6) is 11.5 Å². The minimum atomic E-state index is -1.14. The molecule has 27 heavy (non-hydrogen) atoms. The van der Waals surface area contributed by atoms with E-state index in [1.165, 1.54) is 21.0 Å². The molecule has 2 amide bonds. The third-order valence-corrected chi connectivity index (χ3v) is 3.77. The summed E-state index contributed by atoms with van der Waals surface area (Å²) in [6.07, 6.45) is 3.79. The van der Waals surface area contributed by atoms with E-state index in [9.17, 15) is 19.5 Å². The maximum absolute atomic E-state index is 12.5. The van der Waals surface area contributed by atoms with E-state index >= 15 is 0 Å².